The molecule has 0 amide bonds. The van der Waals surface area contributed by atoms with Crippen molar-refractivity contribution in [2.45, 2.75) is 25.4 Å². The number of nitrogens with zero attached hydrogens (tertiary/aromatic N) is 2. The fourth-order valence-electron chi connectivity index (χ4n) is 2.10. The van der Waals surface area contributed by atoms with E-state index in [0.717, 1.165) is 24.2 Å². The third kappa shape index (κ3) is 2.77. The molecule has 0 spiro atoms. The quantitative estimate of drug-likeness (QED) is 0.851. The van der Waals surface area contributed by atoms with Gasteiger partial charge in [-0.25, -0.2) is 4.98 Å². The van der Waals surface area contributed by atoms with E-state index in [2.05, 4.69) is 31.9 Å². The molecular weight excluding hydrogens is 254 g/mol. The molecule has 1 unspecified atom stereocenters. The highest BCUT2D eigenvalue weighted by Crippen LogP contribution is 2.19. The predicted molar refractivity (Wildman–Crippen MR) is 64.4 cm³/mol. The molecule has 1 aromatic rings. The number of nitrogens with two attached hydrogens (primary N) is 1. The van der Waals surface area contributed by atoms with Crippen molar-refractivity contribution in [1.82, 2.24) is 9.88 Å². The monoisotopic (exact) mass is 269 g/mol. The lowest BCUT2D eigenvalue weighted by Gasteiger charge is -2.22. The number of likely N-dealkylation sites (tertiary alicyclic amines) is 1. The van der Waals surface area contributed by atoms with Gasteiger partial charge in [0.05, 0.1) is 0 Å². The van der Waals surface area contributed by atoms with Gasteiger partial charge >= 0.3 is 0 Å². The van der Waals surface area contributed by atoms with Crippen molar-refractivity contribution < 1.29 is 0 Å². The van der Waals surface area contributed by atoms with E-state index in [9.17, 15) is 0 Å². The van der Waals surface area contributed by atoms with Crippen molar-refractivity contribution in [3.8, 4) is 0 Å². The van der Waals surface area contributed by atoms with Crippen LogP contribution >= 0.6 is 15.9 Å². The lowest BCUT2D eigenvalue weighted by Crippen LogP contribution is -2.34. The van der Waals surface area contributed by atoms with E-state index in [4.69, 9.17) is 5.73 Å². The zero-order valence-electron chi connectivity index (χ0n) is 8.69. The molecule has 82 valence electrons. The first kappa shape index (κ1) is 11.0. The second-order valence-electron chi connectivity index (χ2n) is 3.99. The molecule has 1 atom stereocenters. The van der Waals surface area contributed by atoms with Crippen molar-refractivity contribution in [2.24, 2.45) is 5.73 Å². The lowest BCUT2D eigenvalue weighted by molar-refractivity contribution is 0.250. The average molecular weight is 270 g/mol. The minimum Gasteiger partial charge on any atom is -0.329 e. The Morgan fingerprint density at radius 2 is 2.40 bits per heavy atom. The summed E-state index contributed by atoms with van der Waals surface area (Å²) < 4.78 is 0.892. The van der Waals surface area contributed by atoms with Crippen LogP contribution in [-0.2, 0) is 6.54 Å². The smallest absolute Gasteiger partial charge is 0.106 e. The summed E-state index contributed by atoms with van der Waals surface area (Å²) in [6.45, 7) is 2.91. The summed E-state index contributed by atoms with van der Waals surface area (Å²) in [6.07, 6.45) is 4.43. The topological polar surface area (TPSA) is 42.1 Å². The molecule has 0 radical (unpaired) electrons. The minimum atomic E-state index is 0.564. The Morgan fingerprint density at radius 1 is 1.53 bits per heavy atom. The van der Waals surface area contributed by atoms with Gasteiger partial charge in [-0.3, -0.25) is 4.90 Å². The lowest BCUT2D eigenvalue weighted by atomic mass is 10.2. The van der Waals surface area contributed by atoms with Gasteiger partial charge in [-0.15, -0.1) is 0 Å². The third-order valence-electron chi connectivity index (χ3n) is 2.95. The Morgan fingerprint density at radius 3 is 3.07 bits per heavy atom. The fourth-order valence-corrected chi connectivity index (χ4v) is 2.34. The summed E-state index contributed by atoms with van der Waals surface area (Å²) in [6, 6.07) is 4.67. The van der Waals surface area contributed by atoms with Crippen LogP contribution in [0.2, 0.25) is 0 Å². The maximum Gasteiger partial charge on any atom is 0.106 e. The summed E-state index contributed by atoms with van der Waals surface area (Å²) in [5.74, 6) is 0. The van der Waals surface area contributed by atoms with Gasteiger partial charge in [0.2, 0.25) is 0 Å². The number of hydrogen-bond acceptors (Lipinski definition) is 3. The van der Waals surface area contributed by atoms with E-state index in [-0.39, 0.29) is 0 Å². The number of aromatic nitrogens is 1. The van der Waals surface area contributed by atoms with Crippen LogP contribution in [0.4, 0.5) is 0 Å². The van der Waals surface area contributed by atoms with Crippen LogP contribution < -0.4 is 5.73 Å². The first-order valence-electron chi connectivity index (χ1n) is 5.34. The molecule has 2 rings (SSSR count). The zero-order valence-corrected chi connectivity index (χ0v) is 10.3. The molecule has 1 aliphatic rings. The van der Waals surface area contributed by atoms with Crippen LogP contribution in [0, 0.1) is 0 Å². The molecule has 0 aromatic carbocycles. The minimum absolute atomic E-state index is 0.564. The van der Waals surface area contributed by atoms with Gasteiger partial charge in [-0.05, 0) is 46.9 Å². The second-order valence-corrected chi connectivity index (χ2v) is 4.80. The van der Waals surface area contributed by atoms with Gasteiger partial charge in [0.15, 0.2) is 0 Å². The van der Waals surface area contributed by atoms with Crippen molar-refractivity contribution in [3.05, 3.63) is 28.5 Å². The maximum absolute atomic E-state index is 5.74. The molecule has 0 aliphatic carbocycles. The van der Waals surface area contributed by atoms with Crippen LogP contribution in [0.25, 0.3) is 0 Å². The standard InChI is InChI=1S/C11H16BrN3/c12-11-4-3-9(7-14-11)8-15-5-1-2-10(15)6-13/h3-4,7,10H,1-2,5-6,8,13H2. The Hall–Kier alpha value is -0.450. The summed E-state index contributed by atoms with van der Waals surface area (Å²) >= 11 is 3.34. The van der Waals surface area contributed by atoms with E-state index in [1.165, 1.54) is 18.4 Å². The Bertz CT molecular complexity index is 312. The molecule has 0 bridgehead atoms. The Kier molecular flexibility index (Phi) is 3.72. The molecule has 1 fully saturated rings. The first-order chi connectivity index (χ1) is 7.29. The molecule has 4 heteroatoms. The number of halogens is 1. The van der Waals surface area contributed by atoms with Crippen molar-refractivity contribution >= 4 is 15.9 Å². The number of rotatable bonds is 3. The van der Waals surface area contributed by atoms with Gasteiger partial charge in [-0.1, -0.05) is 6.07 Å². The molecular formula is C11H16BrN3. The molecule has 1 aliphatic heterocycles. The highest BCUT2D eigenvalue weighted by molar-refractivity contribution is 9.10. The number of pyridine rings is 1. The summed E-state index contributed by atoms with van der Waals surface area (Å²) in [5.41, 5.74) is 7.00. The second kappa shape index (κ2) is 5.05. The molecule has 1 aromatic heterocycles. The highest BCUT2D eigenvalue weighted by Gasteiger charge is 2.22. The molecule has 1 saturated heterocycles. The van der Waals surface area contributed by atoms with Crippen molar-refractivity contribution in [3.63, 3.8) is 0 Å². The maximum atomic E-state index is 5.74. The van der Waals surface area contributed by atoms with E-state index >= 15 is 0 Å². The SMILES string of the molecule is NCC1CCCN1Cc1ccc(Br)nc1. The van der Waals surface area contributed by atoms with Crippen LogP contribution in [-0.4, -0.2) is 29.0 Å². The van der Waals surface area contributed by atoms with Crippen molar-refractivity contribution in [2.75, 3.05) is 13.1 Å². The number of hydrogen-bond donors (Lipinski definition) is 1. The van der Waals surface area contributed by atoms with Gasteiger partial charge < -0.3 is 5.73 Å². The molecule has 2 N–H and O–H groups in total. The Balaban J connectivity index is 1.99. The normalized spacial score (nSPS) is 22.1. The van der Waals surface area contributed by atoms with E-state index in [1.54, 1.807) is 0 Å². The highest BCUT2D eigenvalue weighted by atomic mass is 79.9. The zero-order chi connectivity index (χ0) is 10.7. The molecule has 0 saturated carbocycles. The fraction of sp³-hybridized carbons (Fsp3) is 0.545. The molecule has 2 heterocycles. The average Bonchev–Trinajstić information content (AvgIpc) is 2.69. The van der Waals surface area contributed by atoms with Crippen LogP contribution in [0.1, 0.15) is 18.4 Å². The van der Waals surface area contributed by atoms with E-state index < -0.39 is 0 Å². The summed E-state index contributed by atoms with van der Waals surface area (Å²) in [4.78, 5) is 6.68. The largest absolute Gasteiger partial charge is 0.329 e. The predicted octanol–water partition coefficient (Wildman–Crippen LogP) is 1.77. The first-order valence-corrected chi connectivity index (χ1v) is 6.13. The summed E-state index contributed by atoms with van der Waals surface area (Å²) in [7, 11) is 0. The van der Waals surface area contributed by atoms with Crippen molar-refractivity contribution in [1.29, 1.82) is 0 Å². The Labute approximate surface area is 98.8 Å². The molecule has 3 nitrogen and oxygen atoms in total. The molecule has 15 heavy (non-hydrogen) atoms. The van der Waals surface area contributed by atoms with Crippen LogP contribution in [0.15, 0.2) is 22.9 Å². The van der Waals surface area contributed by atoms with Gasteiger partial charge in [-0.2, -0.15) is 0 Å². The van der Waals surface area contributed by atoms with Crippen LogP contribution in [0.5, 0.6) is 0 Å². The summed E-state index contributed by atoms with van der Waals surface area (Å²) in [5, 5.41) is 0. The third-order valence-corrected chi connectivity index (χ3v) is 3.41. The van der Waals surface area contributed by atoms with Gasteiger partial charge in [0.25, 0.3) is 0 Å². The van der Waals surface area contributed by atoms with Gasteiger partial charge in [0.1, 0.15) is 4.60 Å². The van der Waals surface area contributed by atoms with E-state index in [1.807, 2.05) is 12.3 Å². The van der Waals surface area contributed by atoms with E-state index in [0.29, 0.717) is 6.04 Å². The van der Waals surface area contributed by atoms with Crippen LogP contribution in [0.3, 0.4) is 0 Å². The van der Waals surface area contributed by atoms with Gasteiger partial charge in [0, 0.05) is 25.3 Å².